The molecule has 0 saturated carbocycles. The molecule has 0 fully saturated rings. The summed E-state index contributed by atoms with van der Waals surface area (Å²) >= 11 is 0. The summed E-state index contributed by atoms with van der Waals surface area (Å²) < 4.78 is 0. The lowest BCUT2D eigenvalue weighted by molar-refractivity contribution is -0.109. The first-order valence-corrected chi connectivity index (χ1v) is 3.43. The van der Waals surface area contributed by atoms with Crippen molar-refractivity contribution in [2.45, 2.75) is 38.7 Å². The molecule has 0 spiro atoms. The van der Waals surface area contributed by atoms with Gasteiger partial charge in [0.15, 0.2) is 0 Å². The summed E-state index contributed by atoms with van der Waals surface area (Å²) in [5.41, 5.74) is 0. The topological polar surface area (TPSA) is 37.3 Å². The molecule has 0 aliphatic rings. The highest BCUT2D eigenvalue weighted by atomic mass is 16.3. The number of aliphatic hydroxyl groups excluding tert-OH is 1. The van der Waals surface area contributed by atoms with E-state index in [4.69, 9.17) is 5.11 Å². The summed E-state index contributed by atoms with van der Waals surface area (Å²) in [6, 6.07) is 0. The Bertz CT molecular complexity index is 71.3. The Hall–Kier alpha value is -0.370. The van der Waals surface area contributed by atoms with Crippen molar-refractivity contribution in [1.29, 1.82) is 0 Å². The van der Waals surface area contributed by atoms with Gasteiger partial charge in [-0.15, -0.1) is 0 Å². The quantitative estimate of drug-likeness (QED) is 0.566. The molecule has 2 heteroatoms. The molecule has 1 atom stereocenters. The highest BCUT2D eigenvalue weighted by molar-refractivity contribution is 5.49. The molecule has 0 bridgehead atoms. The third kappa shape index (κ3) is 5.50. The van der Waals surface area contributed by atoms with E-state index in [-0.39, 0.29) is 0 Å². The minimum absolute atomic E-state index is 0.292. The Morgan fingerprint density at radius 3 is 2.78 bits per heavy atom. The lowest BCUT2D eigenvalue weighted by Crippen LogP contribution is -2.05. The monoisotopic (exact) mass is 130 g/mol. The molecule has 9 heavy (non-hydrogen) atoms. The first kappa shape index (κ1) is 8.63. The van der Waals surface area contributed by atoms with Crippen LogP contribution in [0.25, 0.3) is 0 Å². The van der Waals surface area contributed by atoms with Gasteiger partial charge in [-0.2, -0.15) is 0 Å². The van der Waals surface area contributed by atoms with Crippen molar-refractivity contribution in [3.05, 3.63) is 0 Å². The summed E-state index contributed by atoms with van der Waals surface area (Å²) in [4.78, 5) is 9.82. The predicted octanol–water partition coefficient (Wildman–Crippen LogP) is 1.13. The van der Waals surface area contributed by atoms with Gasteiger partial charge in [0, 0.05) is 6.42 Å². The van der Waals surface area contributed by atoms with Crippen LogP contribution >= 0.6 is 0 Å². The summed E-state index contributed by atoms with van der Waals surface area (Å²) in [7, 11) is 0. The average Bonchev–Trinajstić information content (AvgIpc) is 1.85. The first-order valence-electron chi connectivity index (χ1n) is 3.43. The van der Waals surface area contributed by atoms with Crippen LogP contribution in [0, 0.1) is 0 Å². The van der Waals surface area contributed by atoms with Gasteiger partial charge in [-0.25, -0.2) is 0 Å². The van der Waals surface area contributed by atoms with Gasteiger partial charge in [0.2, 0.25) is 0 Å². The number of aldehydes is 1. The molecule has 0 aromatic carbocycles. The highest BCUT2D eigenvalue weighted by Gasteiger charge is 1.99. The van der Waals surface area contributed by atoms with Crippen molar-refractivity contribution in [3.63, 3.8) is 0 Å². The van der Waals surface area contributed by atoms with E-state index in [1.54, 1.807) is 0 Å². The van der Waals surface area contributed by atoms with E-state index in [1.807, 2.05) is 0 Å². The zero-order chi connectivity index (χ0) is 7.11. The van der Waals surface area contributed by atoms with E-state index >= 15 is 0 Å². The predicted molar refractivity (Wildman–Crippen MR) is 36.2 cm³/mol. The minimum atomic E-state index is -0.401. The summed E-state index contributed by atoms with van der Waals surface area (Å²) in [5.74, 6) is 0. The lowest BCUT2D eigenvalue weighted by atomic mass is 10.1. The molecule has 0 aliphatic heterocycles. The number of hydrogen-bond acceptors (Lipinski definition) is 2. The fourth-order valence-electron chi connectivity index (χ4n) is 0.669. The van der Waals surface area contributed by atoms with Crippen LogP contribution in [0.5, 0.6) is 0 Å². The van der Waals surface area contributed by atoms with Crippen LogP contribution in [0.15, 0.2) is 0 Å². The molecule has 0 heterocycles. The fraction of sp³-hybridized carbons (Fsp3) is 0.857. The minimum Gasteiger partial charge on any atom is -0.393 e. The Kier molecular flexibility index (Phi) is 5.52. The second kappa shape index (κ2) is 5.76. The van der Waals surface area contributed by atoms with Crippen molar-refractivity contribution in [2.75, 3.05) is 0 Å². The molecular weight excluding hydrogens is 116 g/mol. The second-order valence-electron chi connectivity index (χ2n) is 2.20. The van der Waals surface area contributed by atoms with Crippen LogP contribution in [0.4, 0.5) is 0 Å². The normalized spacial score (nSPS) is 13.1. The standard InChI is InChI=1S/C7H14O2/c1-2-3-4-7(9)5-6-8/h6-7,9H,2-5H2,1H3/t7-/m1/s1. The Morgan fingerprint density at radius 1 is 1.67 bits per heavy atom. The third-order valence-electron chi connectivity index (χ3n) is 1.26. The van der Waals surface area contributed by atoms with Crippen LogP contribution < -0.4 is 0 Å². The van der Waals surface area contributed by atoms with E-state index in [2.05, 4.69) is 6.92 Å². The van der Waals surface area contributed by atoms with E-state index < -0.39 is 6.10 Å². The molecule has 0 unspecified atom stereocenters. The Morgan fingerprint density at radius 2 is 2.33 bits per heavy atom. The maximum Gasteiger partial charge on any atom is 0.122 e. The highest BCUT2D eigenvalue weighted by Crippen LogP contribution is 2.01. The van der Waals surface area contributed by atoms with Gasteiger partial charge in [0.05, 0.1) is 6.10 Å². The number of aliphatic hydroxyl groups is 1. The van der Waals surface area contributed by atoms with Gasteiger partial charge < -0.3 is 9.90 Å². The summed E-state index contributed by atoms with van der Waals surface area (Å²) in [6.45, 7) is 2.06. The largest absolute Gasteiger partial charge is 0.393 e. The van der Waals surface area contributed by atoms with Gasteiger partial charge in [0.25, 0.3) is 0 Å². The third-order valence-corrected chi connectivity index (χ3v) is 1.26. The van der Waals surface area contributed by atoms with Gasteiger partial charge in [0.1, 0.15) is 6.29 Å². The van der Waals surface area contributed by atoms with E-state index in [9.17, 15) is 4.79 Å². The van der Waals surface area contributed by atoms with E-state index in [0.717, 1.165) is 25.5 Å². The van der Waals surface area contributed by atoms with Crippen LogP contribution in [-0.4, -0.2) is 17.5 Å². The number of hydrogen-bond donors (Lipinski definition) is 1. The van der Waals surface area contributed by atoms with Crippen molar-refractivity contribution >= 4 is 6.29 Å². The molecule has 2 nitrogen and oxygen atoms in total. The Labute approximate surface area is 55.9 Å². The molecule has 0 amide bonds. The molecule has 0 saturated heterocycles. The molecule has 0 aromatic heterocycles. The number of carbonyl (C=O) groups is 1. The second-order valence-corrected chi connectivity index (χ2v) is 2.20. The van der Waals surface area contributed by atoms with Crippen LogP contribution in [-0.2, 0) is 4.79 Å². The van der Waals surface area contributed by atoms with Crippen molar-refractivity contribution < 1.29 is 9.90 Å². The zero-order valence-electron chi connectivity index (χ0n) is 5.84. The first-order chi connectivity index (χ1) is 4.31. The molecular formula is C7H14O2. The molecule has 0 aliphatic carbocycles. The summed E-state index contributed by atoms with van der Waals surface area (Å²) in [6.07, 6.45) is 3.50. The van der Waals surface area contributed by atoms with Crippen LogP contribution in [0.2, 0.25) is 0 Å². The molecule has 0 aromatic rings. The molecule has 54 valence electrons. The van der Waals surface area contributed by atoms with Crippen molar-refractivity contribution in [3.8, 4) is 0 Å². The van der Waals surface area contributed by atoms with Crippen molar-refractivity contribution in [2.24, 2.45) is 0 Å². The Balaban J connectivity index is 3.04. The summed E-state index contributed by atoms with van der Waals surface area (Å²) in [5, 5.41) is 8.95. The fourth-order valence-corrected chi connectivity index (χ4v) is 0.669. The zero-order valence-corrected chi connectivity index (χ0v) is 5.84. The number of unbranched alkanes of at least 4 members (excludes halogenated alkanes) is 1. The maximum absolute atomic E-state index is 9.82. The van der Waals surface area contributed by atoms with E-state index in [0.29, 0.717) is 6.42 Å². The average molecular weight is 130 g/mol. The number of rotatable bonds is 5. The van der Waals surface area contributed by atoms with Crippen molar-refractivity contribution in [1.82, 2.24) is 0 Å². The SMILES string of the molecule is CCCC[C@@H](O)CC=O. The van der Waals surface area contributed by atoms with E-state index in [1.165, 1.54) is 0 Å². The lowest BCUT2D eigenvalue weighted by Gasteiger charge is -2.03. The van der Waals surface area contributed by atoms with Gasteiger partial charge >= 0.3 is 0 Å². The maximum atomic E-state index is 9.82. The molecule has 1 N–H and O–H groups in total. The molecule has 0 radical (unpaired) electrons. The van der Waals surface area contributed by atoms with Gasteiger partial charge in [-0.05, 0) is 6.42 Å². The van der Waals surface area contributed by atoms with Crippen LogP contribution in [0.3, 0.4) is 0 Å². The number of carbonyl (C=O) groups excluding carboxylic acids is 1. The van der Waals surface area contributed by atoms with Gasteiger partial charge in [-0.1, -0.05) is 19.8 Å². The smallest absolute Gasteiger partial charge is 0.122 e. The van der Waals surface area contributed by atoms with Crippen LogP contribution in [0.1, 0.15) is 32.6 Å². The molecule has 0 rings (SSSR count). The van der Waals surface area contributed by atoms with Gasteiger partial charge in [-0.3, -0.25) is 0 Å².